The van der Waals surface area contributed by atoms with Crippen molar-refractivity contribution >= 4 is 23.4 Å². The molecule has 5 rings (SSSR count). The first-order chi connectivity index (χ1) is 21.3. The van der Waals surface area contributed by atoms with E-state index in [0.29, 0.717) is 43.4 Å². The third kappa shape index (κ3) is 7.39. The molecule has 1 amide bonds. The fourth-order valence-electron chi connectivity index (χ4n) is 5.27. The summed E-state index contributed by atoms with van der Waals surface area (Å²) in [5.74, 6) is -0.594. The number of aliphatic hydroxyl groups is 1. The van der Waals surface area contributed by atoms with Crippen molar-refractivity contribution in [2.75, 3.05) is 57.2 Å². The molecule has 12 heteroatoms. The smallest absolute Gasteiger partial charge is 0.248 e. The lowest BCUT2D eigenvalue weighted by molar-refractivity contribution is -0.111. The van der Waals surface area contributed by atoms with Gasteiger partial charge in [0.15, 0.2) is 11.5 Å². The third-order valence-corrected chi connectivity index (χ3v) is 7.51. The van der Waals surface area contributed by atoms with Crippen LogP contribution < -0.4 is 19.7 Å². The normalized spacial score (nSPS) is 15.2. The Morgan fingerprint density at radius 2 is 1.73 bits per heavy atom. The van der Waals surface area contributed by atoms with Crippen LogP contribution in [0.2, 0.25) is 0 Å². The Morgan fingerprint density at radius 3 is 2.39 bits per heavy atom. The van der Waals surface area contributed by atoms with E-state index in [1.807, 2.05) is 30.3 Å². The molecule has 10 nitrogen and oxygen atoms in total. The zero-order valence-electron chi connectivity index (χ0n) is 24.5. The van der Waals surface area contributed by atoms with Gasteiger partial charge in [0.25, 0.3) is 0 Å². The van der Waals surface area contributed by atoms with Crippen molar-refractivity contribution in [1.82, 2.24) is 19.7 Å². The summed E-state index contributed by atoms with van der Waals surface area (Å²) < 4.78 is 40.4. The molecule has 2 heterocycles. The Bertz CT molecular complexity index is 1590. The van der Waals surface area contributed by atoms with Crippen molar-refractivity contribution in [3.63, 3.8) is 0 Å². The summed E-state index contributed by atoms with van der Waals surface area (Å²) in [5.41, 5.74) is 0.807. The lowest BCUT2D eigenvalue weighted by Gasteiger charge is -2.40. The van der Waals surface area contributed by atoms with Crippen molar-refractivity contribution in [1.29, 1.82) is 0 Å². The molecule has 1 saturated heterocycles. The van der Waals surface area contributed by atoms with E-state index < -0.39 is 17.2 Å². The molecule has 1 unspecified atom stereocenters. The average molecular weight is 605 g/mol. The number of piperazine rings is 1. The minimum Gasteiger partial charge on any atom is -0.493 e. The highest BCUT2D eigenvalue weighted by atomic mass is 19.1. The molecule has 4 aromatic rings. The van der Waals surface area contributed by atoms with Crippen LogP contribution in [0.25, 0.3) is 6.08 Å². The molecular formula is C32H34F2N6O4. The number of amides is 1. The van der Waals surface area contributed by atoms with Crippen LogP contribution in [0.5, 0.6) is 11.5 Å². The van der Waals surface area contributed by atoms with Crippen LogP contribution >= 0.6 is 0 Å². The molecule has 0 radical (unpaired) electrons. The number of carbonyl (C=O) groups is 1. The van der Waals surface area contributed by atoms with Crippen molar-refractivity contribution in [2.45, 2.75) is 12.1 Å². The average Bonchev–Trinajstić information content (AvgIpc) is 3.53. The van der Waals surface area contributed by atoms with Crippen LogP contribution in [-0.2, 0) is 16.9 Å². The van der Waals surface area contributed by atoms with Gasteiger partial charge in [-0.3, -0.25) is 9.69 Å². The number of hydrogen-bond acceptors (Lipinski definition) is 8. The van der Waals surface area contributed by atoms with Gasteiger partial charge in [-0.2, -0.15) is 5.10 Å². The Labute approximate surface area is 254 Å². The number of hydrogen-bond donors (Lipinski definition) is 2. The van der Waals surface area contributed by atoms with E-state index in [1.165, 1.54) is 29.5 Å². The van der Waals surface area contributed by atoms with Crippen molar-refractivity contribution < 1.29 is 28.2 Å². The fourth-order valence-corrected chi connectivity index (χ4v) is 5.27. The second kappa shape index (κ2) is 13.7. The maximum atomic E-state index is 14.8. The fraction of sp³-hybridized carbons (Fsp3) is 0.281. The zero-order valence-corrected chi connectivity index (χ0v) is 24.5. The number of carbonyl (C=O) groups excluding carboxylic acids is 1. The van der Waals surface area contributed by atoms with Gasteiger partial charge < -0.3 is 24.8 Å². The molecule has 44 heavy (non-hydrogen) atoms. The predicted octanol–water partition coefficient (Wildman–Crippen LogP) is 3.94. The first-order valence-electron chi connectivity index (χ1n) is 14.0. The van der Waals surface area contributed by atoms with Crippen LogP contribution in [0.4, 0.5) is 20.2 Å². The number of rotatable bonds is 11. The van der Waals surface area contributed by atoms with Crippen LogP contribution in [0.1, 0.15) is 11.1 Å². The number of nitrogens with one attached hydrogen (secondary N) is 1. The minimum absolute atomic E-state index is 0.00744. The topological polar surface area (TPSA) is 105 Å². The van der Waals surface area contributed by atoms with E-state index in [4.69, 9.17) is 9.47 Å². The molecule has 1 aliphatic rings. The van der Waals surface area contributed by atoms with E-state index in [1.54, 1.807) is 32.4 Å². The van der Waals surface area contributed by atoms with Gasteiger partial charge in [-0.15, -0.1) is 0 Å². The highest BCUT2D eigenvalue weighted by Crippen LogP contribution is 2.30. The number of nitrogens with zero attached hydrogens (tertiary/aromatic N) is 5. The first kappa shape index (κ1) is 30.6. The molecule has 1 atom stereocenters. The molecule has 0 aliphatic carbocycles. The second-order valence-corrected chi connectivity index (χ2v) is 10.5. The molecule has 2 N–H and O–H groups in total. The van der Waals surface area contributed by atoms with E-state index in [9.17, 15) is 18.7 Å². The monoisotopic (exact) mass is 604 g/mol. The molecule has 0 spiro atoms. The van der Waals surface area contributed by atoms with Gasteiger partial charge in [0, 0.05) is 61.8 Å². The number of β-amino-alcohol motifs (C(OH)–C–C–N with tert-alkyl or cyclic N) is 1. The van der Waals surface area contributed by atoms with E-state index in [0.717, 1.165) is 23.4 Å². The molecule has 3 aromatic carbocycles. The van der Waals surface area contributed by atoms with Gasteiger partial charge in [-0.25, -0.2) is 18.4 Å². The van der Waals surface area contributed by atoms with Gasteiger partial charge in [0.2, 0.25) is 5.91 Å². The SMILES string of the molecule is COc1ccc(/C=C/C(=O)Nc2ccc(N3CCN(CC(O)(Cn4cncn4)c4ccc(F)cc4F)CC3)cc2)cc1OC. The molecule has 1 fully saturated rings. The number of anilines is 2. The standard InChI is InChI=1S/C32H34F2N6O4/c1-43-29-11-3-23(17-30(29)44-2)4-12-31(41)37-25-6-8-26(9-7-25)39-15-13-38(14-16-39)19-32(42,20-40-22-35-21-36-40)27-10-5-24(33)18-28(27)34/h3-12,17-18,21-22,42H,13-16,19-20H2,1-2H3,(H,37,41)/b12-4+. The van der Waals surface area contributed by atoms with E-state index in [2.05, 4.69) is 25.2 Å². The van der Waals surface area contributed by atoms with Crippen LogP contribution in [0, 0.1) is 11.6 Å². The number of aromatic nitrogens is 3. The van der Waals surface area contributed by atoms with Gasteiger partial charge in [0.05, 0.1) is 20.8 Å². The highest BCUT2D eigenvalue weighted by Gasteiger charge is 2.36. The maximum absolute atomic E-state index is 14.8. The number of ether oxygens (including phenoxy) is 2. The van der Waals surface area contributed by atoms with Crippen molar-refractivity contribution in [2.24, 2.45) is 0 Å². The second-order valence-electron chi connectivity index (χ2n) is 10.5. The molecule has 1 aliphatic heterocycles. The molecule has 0 saturated carbocycles. The zero-order chi connectivity index (χ0) is 31.1. The van der Waals surface area contributed by atoms with Gasteiger partial charge in [-0.05, 0) is 54.1 Å². The minimum atomic E-state index is -1.65. The maximum Gasteiger partial charge on any atom is 0.248 e. The van der Waals surface area contributed by atoms with Crippen molar-refractivity contribution in [3.8, 4) is 11.5 Å². The van der Waals surface area contributed by atoms with Gasteiger partial charge in [-0.1, -0.05) is 12.1 Å². The quantitative estimate of drug-likeness (QED) is 0.248. The Morgan fingerprint density at radius 1 is 0.977 bits per heavy atom. The molecule has 230 valence electrons. The third-order valence-electron chi connectivity index (χ3n) is 7.51. The lowest BCUT2D eigenvalue weighted by Crippen LogP contribution is -2.52. The Hall–Kier alpha value is -4.81. The summed E-state index contributed by atoms with van der Waals surface area (Å²) in [5, 5.41) is 18.6. The largest absolute Gasteiger partial charge is 0.493 e. The summed E-state index contributed by atoms with van der Waals surface area (Å²) in [7, 11) is 3.12. The number of benzene rings is 3. The first-order valence-corrected chi connectivity index (χ1v) is 14.0. The van der Waals surface area contributed by atoms with Crippen LogP contribution in [0.15, 0.2) is 79.4 Å². The van der Waals surface area contributed by atoms with Gasteiger partial charge in [0.1, 0.15) is 29.9 Å². The van der Waals surface area contributed by atoms with E-state index >= 15 is 0 Å². The summed E-state index contributed by atoms with van der Waals surface area (Å²) in [6, 6.07) is 16.2. The molecule has 1 aromatic heterocycles. The summed E-state index contributed by atoms with van der Waals surface area (Å²) in [6.07, 6.45) is 5.94. The molecule has 0 bridgehead atoms. The predicted molar refractivity (Wildman–Crippen MR) is 163 cm³/mol. The molecular weight excluding hydrogens is 570 g/mol. The lowest BCUT2D eigenvalue weighted by atomic mass is 9.92. The summed E-state index contributed by atoms with van der Waals surface area (Å²) in [4.78, 5) is 20.7. The van der Waals surface area contributed by atoms with Crippen molar-refractivity contribution in [3.05, 3.63) is 102 Å². The number of halogens is 2. The Kier molecular flexibility index (Phi) is 9.51. The summed E-state index contributed by atoms with van der Waals surface area (Å²) in [6.45, 7) is 2.66. The Balaban J connectivity index is 1.17. The van der Waals surface area contributed by atoms with Gasteiger partial charge >= 0.3 is 0 Å². The summed E-state index contributed by atoms with van der Waals surface area (Å²) >= 11 is 0. The van der Waals surface area contributed by atoms with Crippen LogP contribution in [-0.4, -0.2) is 77.6 Å². The number of methoxy groups -OCH3 is 2. The highest BCUT2D eigenvalue weighted by molar-refractivity contribution is 6.02. The van der Waals surface area contributed by atoms with Crippen LogP contribution in [0.3, 0.4) is 0 Å². The van der Waals surface area contributed by atoms with E-state index in [-0.39, 0.29) is 24.6 Å².